The van der Waals surface area contributed by atoms with Crippen molar-refractivity contribution in [2.45, 2.75) is 17.7 Å². The zero-order chi connectivity index (χ0) is 22.4. The second-order valence-electron chi connectivity index (χ2n) is 6.32. The van der Waals surface area contributed by atoms with E-state index in [1.807, 2.05) is 0 Å². The van der Waals surface area contributed by atoms with Gasteiger partial charge >= 0.3 is 0 Å². The third kappa shape index (κ3) is 5.92. The summed E-state index contributed by atoms with van der Waals surface area (Å²) >= 11 is 1.10. The topological polar surface area (TPSA) is 107 Å². The summed E-state index contributed by atoms with van der Waals surface area (Å²) in [5.74, 6) is 0.298. The average Bonchev–Trinajstić information content (AvgIpc) is 3.19. The molecule has 0 aliphatic carbocycles. The number of benzene rings is 2. The zero-order valence-electron chi connectivity index (χ0n) is 16.7. The first kappa shape index (κ1) is 22.5. The van der Waals surface area contributed by atoms with Crippen LogP contribution in [0.1, 0.15) is 12.1 Å². The van der Waals surface area contributed by atoms with E-state index >= 15 is 0 Å². The van der Waals surface area contributed by atoms with Crippen molar-refractivity contribution in [1.82, 2.24) is 4.98 Å². The van der Waals surface area contributed by atoms with E-state index in [1.165, 1.54) is 26.4 Å². The molecule has 0 spiro atoms. The van der Waals surface area contributed by atoms with Crippen LogP contribution in [0.4, 0.5) is 15.2 Å². The van der Waals surface area contributed by atoms with Crippen molar-refractivity contribution in [2.75, 3.05) is 24.3 Å². The number of hydrogen-bond donors (Lipinski definition) is 2. The van der Waals surface area contributed by atoms with Crippen LogP contribution < -0.4 is 19.5 Å². The Labute approximate surface area is 183 Å². The van der Waals surface area contributed by atoms with Gasteiger partial charge in [-0.15, -0.1) is 11.3 Å². The van der Waals surface area contributed by atoms with E-state index in [1.54, 1.807) is 23.6 Å². The predicted octanol–water partition coefficient (Wildman–Crippen LogP) is 3.67. The summed E-state index contributed by atoms with van der Waals surface area (Å²) in [6.45, 7) is 0. The van der Waals surface area contributed by atoms with Crippen LogP contribution >= 0.6 is 11.3 Å². The molecular formula is C20H20FN3O5S2. The van der Waals surface area contributed by atoms with Gasteiger partial charge in [0.1, 0.15) is 5.82 Å². The van der Waals surface area contributed by atoms with E-state index in [0.29, 0.717) is 29.3 Å². The molecule has 164 valence electrons. The number of aromatic nitrogens is 1. The van der Waals surface area contributed by atoms with Crippen LogP contribution in [-0.4, -0.2) is 33.5 Å². The number of sulfonamides is 1. The van der Waals surface area contributed by atoms with E-state index in [4.69, 9.17) is 9.47 Å². The Kier molecular flexibility index (Phi) is 7.08. The van der Waals surface area contributed by atoms with Crippen molar-refractivity contribution in [1.29, 1.82) is 0 Å². The Morgan fingerprint density at radius 1 is 1.10 bits per heavy atom. The first-order valence-corrected chi connectivity index (χ1v) is 11.4. The SMILES string of the molecule is COc1ccc(NC(=O)CCc2csc(NS(=O)(=O)c3ccc(F)cc3)n2)cc1OC. The number of aryl methyl sites for hydroxylation is 1. The average molecular weight is 466 g/mol. The molecule has 1 amide bonds. The number of carbonyl (C=O) groups is 1. The maximum absolute atomic E-state index is 13.0. The molecule has 11 heteroatoms. The summed E-state index contributed by atoms with van der Waals surface area (Å²) in [7, 11) is -0.838. The minimum Gasteiger partial charge on any atom is -0.493 e. The zero-order valence-corrected chi connectivity index (χ0v) is 18.3. The normalized spacial score (nSPS) is 11.1. The molecule has 0 radical (unpaired) electrons. The lowest BCUT2D eigenvalue weighted by Crippen LogP contribution is -2.13. The van der Waals surface area contributed by atoms with Crippen LogP contribution in [0.25, 0.3) is 0 Å². The number of methoxy groups -OCH3 is 2. The highest BCUT2D eigenvalue weighted by Crippen LogP contribution is 2.29. The molecule has 0 atom stereocenters. The summed E-state index contributed by atoms with van der Waals surface area (Å²) in [6, 6.07) is 9.52. The monoisotopic (exact) mass is 465 g/mol. The van der Waals surface area contributed by atoms with Gasteiger partial charge in [-0.3, -0.25) is 9.52 Å². The molecule has 0 aliphatic rings. The molecular weight excluding hydrogens is 445 g/mol. The summed E-state index contributed by atoms with van der Waals surface area (Å²) in [6.07, 6.45) is 0.482. The molecule has 1 heterocycles. The van der Waals surface area contributed by atoms with Crippen molar-refractivity contribution < 1.29 is 27.1 Å². The molecule has 3 rings (SSSR count). The molecule has 2 N–H and O–H groups in total. The Hall–Kier alpha value is -3.18. The number of carbonyl (C=O) groups excluding carboxylic acids is 1. The molecule has 0 saturated heterocycles. The van der Waals surface area contributed by atoms with Gasteiger partial charge in [-0.1, -0.05) is 0 Å². The Bertz CT molecular complexity index is 1160. The Balaban J connectivity index is 1.56. The largest absolute Gasteiger partial charge is 0.493 e. The third-order valence-corrected chi connectivity index (χ3v) is 6.46. The Morgan fingerprint density at radius 2 is 1.81 bits per heavy atom. The summed E-state index contributed by atoms with van der Waals surface area (Å²) in [4.78, 5) is 16.4. The van der Waals surface area contributed by atoms with E-state index < -0.39 is 15.8 Å². The molecule has 0 aliphatic heterocycles. The lowest BCUT2D eigenvalue weighted by atomic mass is 10.2. The van der Waals surface area contributed by atoms with Crippen molar-refractivity contribution in [3.8, 4) is 11.5 Å². The number of hydrogen-bond acceptors (Lipinski definition) is 7. The minimum absolute atomic E-state index is 0.0695. The van der Waals surface area contributed by atoms with Gasteiger partial charge in [0.25, 0.3) is 10.0 Å². The molecule has 31 heavy (non-hydrogen) atoms. The highest BCUT2D eigenvalue weighted by molar-refractivity contribution is 7.93. The van der Waals surface area contributed by atoms with Gasteiger partial charge in [-0.2, -0.15) is 0 Å². The van der Waals surface area contributed by atoms with Crippen molar-refractivity contribution in [3.05, 3.63) is 59.4 Å². The van der Waals surface area contributed by atoms with Gasteiger partial charge in [0.15, 0.2) is 16.6 Å². The standard InChI is InChI=1S/C20H20FN3O5S2/c1-28-17-9-5-14(11-18(17)29-2)22-19(25)10-6-15-12-30-20(23-15)24-31(26,27)16-7-3-13(21)4-8-16/h3-5,7-9,11-12H,6,10H2,1-2H3,(H,22,25)(H,23,24). The van der Waals surface area contributed by atoms with Crippen LogP contribution in [0.3, 0.4) is 0 Å². The summed E-state index contributed by atoms with van der Waals surface area (Å²) in [5.41, 5.74) is 1.14. The van der Waals surface area contributed by atoms with Crippen LogP contribution in [0.15, 0.2) is 52.7 Å². The number of nitrogens with zero attached hydrogens (tertiary/aromatic N) is 1. The van der Waals surface area contributed by atoms with Gasteiger partial charge in [0.2, 0.25) is 5.91 Å². The van der Waals surface area contributed by atoms with Crippen molar-refractivity contribution >= 4 is 38.1 Å². The smallest absolute Gasteiger partial charge is 0.263 e. The fourth-order valence-electron chi connectivity index (χ4n) is 2.64. The van der Waals surface area contributed by atoms with Crippen molar-refractivity contribution in [3.63, 3.8) is 0 Å². The van der Waals surface area contributed by atoms with Crippen molar-refractivity contribution in [2.24, 2.45) is 0 Å². The molecule has 0 bridgehead atoms. The number of amides is 1. The molecule has 3 aromatic rings. The molecule has 0 fully saturated rings. The first-order valence-electron chi connectivity index (χ1n) is 9.05. The molecule has 2 aromatic carbocycles. The molecule has 1 aromatic heterocycles. The number of anilines is 2. The van der Waals surface area contributed by atoms with Gasteiger partial charge in [-0.25, -0.2) is 17.8 Å². The van der Waals surface area contributed by atoms with Gasteiger partial charge in [0, 0.05) is 23.6 Å². The van der Waals surface area contributed by atoms with Crippen LogP contribution in [0.5, 0.6) is 11.5 Å². The minimum atomic E-state index is -3.87. The highest BCUT2D eigenvalue weighted by atomic mass is 32.2. The van der Waals surface area contributed by atoms with E-state index in [0.717, 1.165) is 23.5 Å². The maximum atomic E-state index is 13.0. The lowest BCUT2D eigenvalue weighted by molar-refractivity contribution is -0.116. The molecule has 8 nitrogen and oxygen atoms in total. The number of rotatable bonds is 9. The highest BCUT2D eigenvalue weighted by Gasteiger charge is 2.16. The van der Waals surface area contributed by atoms with E-state index in [-0.39, 0.29) is 22.4 Å². The van der Waals surface area contributed by atoms with Gasteiger partial charge in [0.05, 0.1) is 24.8 Å². The fourth-order valence-corrected chi connectivity index (χ4v) is 4.63. The van der Waals surface area contributed by atoms with Gasteiger partial charge < -0.3 is 14.8 Å². The fraction of sp³-hybridized carbons (Fsp3) is 0.200. The lowest BCUT2D eigenvalue weighted by Gasteiger charge is -2.10. The third-order valence-electron chi connectivity index (χ3n) is 4.17. The Morgan fingerprint density at radius 3 is 2.48 bits per heavy atom. The van der Waals surface area contributed by atoms with Crippen LogP contribution in [0.2, 0.25) is 0 Å². The quantitative estimate of drug-likeness (QED) is 0.499. The van der Waals surface area contributed by atoms with E-state index in [2.05, 4.69) is 15.0 Å². The number of nitrogens with one attached hydrogen (secondary N) is 2. The molecule has 0 unspecified atom stereocenters. The second kappa shape index (κ2) is 9.75. The maximum Gasteiger partial charge on any atom is 0.263 e. The summed E-state index contributed by atoms with van der Waals surface area (Å²) < 4.78 is 50.4. The second-order valence-corrected chi connectivity index (χ2v) is 8.86. The summed E-state index contributed by atoms with van der Waals surface area (Å²) in [5, 5.41) is 4.61. The number of ether oxygens (including phenoxy) is 2. The van der Waals surface area contributed by atoms with Gasteiger partial charge in [-0.05, 0) is 42.8 Å². The van der Waals surface area contributed by atoms with Crippen LogP contribution in [-0.2, 0) is 21.2 Å². The first-order chi connectivity index (χ1) is 14.8. The number of thiazole rings is 1. The van der Waals surface area contributed by atoms with E-state index in [9.17, 15) is 17.6 Å². The molecule has 0 saturated carbocycles. The predicted molar refractivity (Wildman–Crippen MR) is 116 cm³/mol. The number of halogens is 1. The van der Waals surface area contributed by atoms with Crippen LogP contribution in [0, 0.1) is 5.82 Å².